The van der Waals surface area contributed by atoms with Crippen LogP contribution in [0.4, 0.5) is 16.4 Å². The van der Waals surface area contributed by atoms with Crippen LogP contribution in [-0.4, -0.2) is 42.2 Å². The van der Waals surface area contributed by atoms with Gasteiger partial charge in [-0.3, -0.25) is 0 Å². The molecule has 1 aromatic heterocycles. The Bertz CT molecular complexity index is 1480. The third-order valence-electron chi connectivity index (χ3n) is 6.76. The van der Waals surface area contributed by atoms with Crippen LogP contribution < -0.4 is 20.5 Å². The molecule has 1 aliphatic carbocycles. The molecule has 1 saturated carbocycles. The second-order valence-corrected chi connectivity index (χ2v) is 13.1. The molecule has 0 saturated heterocycles. The summed E-state index contributed by atoms with van der Waals surface area (Å²) in [5.41, 5.74) is 8.82. The molecule has 11 heteroatoms. The van der Waals surface area contributed by atoms with Crippen molar-refractivity contribution in [3.05, 3.63) is 59.7 Å². The molecule has 0 radical (unpaired) electrons. The normalized spacial score (nSPS) is 17.8. The van der Waals surface area contributed by atoms with E-state index < -0.39 is 27.8 Å². The van der Waals surface area contributed by atoms with Crippen LogP contribution in [0.5, 0.6) is 5.88 Å². The molecule has 220 valence electrons. The number of nitrogen functional groups attached to an aromatic ring is 1. The fourth-order valence-electron chi connectivity index (χ4n) is 4.93. The Morgan fingerprint density at radius 2 is 1.66 bits per heavy atom. The quantitative estimate of drug-likeness (QED) is 0.236. The molecule has 4 rings (SSSR count). The topological polar surface area (TPSA) is 146 Å². The molecule has 0 bridgehead atoms. The van der Waals surface area contributed by atoms with E-state index in [1.807, 2.05) is 52.8 Å². The largest absolute Gasteiger partial charge is 0.472 e. The van der Waals surface area contributed by atoms with Crippen LogP contribution >= 0.6 is 0 Å². The number of carbonyl (C=O) groups is 1. The van der Waals surface area contributed by atoms with Crippen LogP contribution in [-0.2, 0) is 14.8 Å². The maximum atomic E-state index is 13.2. The van der Waals surface area contributed by atoms with Crippen molar-refractivity contribution in [3.8, 4) is 17.1 Å². The highest BCUT2D eigenvalue weighted by Crippen LogP contribution is 2.31. The fourth-order valence-corrected chi connectivity index (χ4v) is 5.93. The summed E-state index contributed by atoms with van der Waals surface area (Å²) in [5.74, 6) is 0.0682. The maximum Gasteiger partial charge on any atom is 0.408 e. The van der Waals surface area contributed by atoms with E-state index in [0.717, 1.165) is 36.0 Å². The summed E-state index contributed by atoms with van der Waals surface area (Å²) in [7, 11) is -4.04. The number of alkyl carbamates (subject to hydrolysis) is 1. The van der Waals surface area contributed by atoms with E-state index in [1.54, 1.807) is 18.2 Å². The predicted octanol–water partition coefficient (Wildman–Crippen LogP) is 5.75. The summed E-state index contributed by atoms with van der Waals surface area (Å²) < 4.78 is 40.9. The van der Waals surface area contributed by atoms with Crippen LogP contribution in [0.1, 0.15) is 64.0 Å². The van der Waals surface area contributed by atoms with Crippen molar-refractivity contribution in [1.29, 1.82) is 0 Å². The third-order valence-corrected chi connectivity index (χ3v) is 8.09. The highest BCUT2D eigenvalue weighted by molar-refractivity contribution is 7.92. The number of anilines is 2. The van der Waals surface area contributed by atoms with E-state index in [2.05, 4.69) is 20.0 Å². The summed E-state index contributed by atoms with van der Waals surface area (Å²) in [6.07, 6.45) is 3.36. The number of nitrogens with two attached hydrogens (primary N) is 1. The standard InChI is InChI=1S/C30H39N5O5S/c1-19-11-9-12-20(2)27(19)24-18-26(34-28(32-24)35-41(37,38)22-14-10-13-21(31)17-22)39-25-16-8-6-7-15-23(25)33-29(36)40-30(3,4)5/h9-14,17-18,23,25H,6-8,15-16,31H2,1-5H3,(H,33,36)(H,32,34,35). The third kappa shape index (κ3) is 8.09. The SMILES string of the molecule is Cc1cccc(C)c1-c1cc(OC2CCCCCC2NC(=O)OC(C)(C)C)nc(NS(=O)(=O)c2cccc(N)c2)n1. The molecule has 0 aliphatic heterocycles. The van der Waals surface area contributed by atoms with Crippen LogP contribution in [0, 0.1) is 13.8 Å². The number of nitrogens with one attached hydrogen (secondary N) is 2. The Morgan fingerprint density at radius 3 is 2.34 bits per heavy atom. The number of hydrogen-bond acceptors (Lipinski definition) is 8. The molecule has 0 spiro atoms. The summed E-state index contributed by atoms with van der Waals surface area (Å²) in [4.78, 5) is 21.6. The zero-order valence-corrected chi connectivity index (χ0v) is 25.0. The molecule has 41 heavy (non-hydrogen) atoms. The Morgan fingerprint density at radius 1 is 0.976 bits per heavy atom. The van der Waals surface area contributed by atoms with Gasteiger partial charge in [-0.25, -0.2) is 22.9 Å². The van der Waals surface area contributed by atoms with Crippen molar-refractivity contribution >= 4 is 27.8 Å². The lowest BCUT2D eigenvalue weighted by atomic mass is 10.00. The minimum atomic E-state index is -4.04. The van der Waals surface area contributed by atoms with E-state index >= 15 is 0 Å². The van der Waals surface area contributed by atoms with Gasteiger partial charge >= 0.3 is 6.09 Å². The molecule has 2 aromatic carbocycles. The second-order valence-electron chi connectivity index (χ2n) is 11.4. The van der Waals surface area contributed by atoms with Crippen molar-refractivity contribution in [2.75, 3.05) is 10.5 Å². The monoisotopic (exact) mass is 581 g/mol. The van der Waals surface area contributed by atoms with Gasteiger partial charge in [0.25, 0.3) is 10.0 Å². The Labute approximate surface area is 242 Å². The van der Waals surface area contributed by atoms with Gasteiger partial charge in [0.15, 0.2) is 0 Å². The minimum Gasteiger partial charge on any atom is -0.472 e. The summed E-state index contributed by atoms with van der Waals surface area (Å²) in [6, 6.07) is 13.3. The number of hydrogen-bond donors (Lipinski definition) is 3. The minimum absolute atomic E-state index is 0.00793. The summed E-state index contributed by atoms with van der Waals surface area (Å²) in [5, 5.41) is 2.98. The van der Waals surface area contributed by atoms with Gasteiger partial charge in [0, 0.05) is 17.3 Å². The van der Waals surface area contributed by atoms with Crippen LogP contribution in [0.2, 0.25) is 0 Å². The van der Waals surface area contributed by atoms with E-state index in [9.17, 15) is 13.2 Å². The van der Waals surface area contributed by atoms with Gasteiger partial charge < -0.3 is 20.5 Å². The summed E-state index contributed by atoms with van der Waals surface area (Å²) >= 11 is 0. The number of nitrogens with zero attached hydrogens (tertiary/aromatic N) is 2. The van der Waals surface area contributed by atoms with Gasteiger partial charge in [-0.15, -0.1) is 0 Å². The summed E-state index contributed by atoms with van der Waals surface area (Å²) in [6.45, 7) is 9.38. The Balaban J connectivity index is 1.71. The molecule has 3 aromatic rings. The second kappa shape index (κ2) is 12.3. The first-order valence-electron chi connectivity index (χ1n) is 13.8. The first-order chi connectivity index (χ1) is 19.3. The molecule has 4 N–H and O–H groups in total. The number of aryl methyl sites for hydroxylation is 2. The van der Waals surface area contributed by atoms with Crippen molar-refractivity contribution in [2.45, 2.75) is 89.4 Å². The van der Waals surface area contributed by atoms with Crippen LogP contribution in [0.3, 0.4) is 0 Å². The number of amides is 1. The van der Waals surface area contributed by atoms with Crippen molar-refractivity contribution in [3.63, 3.8) is 0 Å². The maximum absolute atomic E-state index is 13.2. The van der Waals surface area contributed by atoms with E-state index in [-0.39, 0.29) is 22.8 Å². The molecule has 2 atom stereocenters. The highest BCUT2D eigenvalue weighted by atomic mass is 32.2. The molecule has 10 nitrogen and oxygen atoms in total. The zero-order chi connectivity index (χ0) is 29.8. The van der Waals surface area contributed by atoms with Crippen molar-refractivity contribution < 1.29 is 22.7 Å². The van der Waals surface area contributed by atoms with Gasteiger partial charge in [0.2, 0.25) is 11.8 Å². The van der Waals surface area contributed by atoms with Crippen LogP contribution in [0.25, 0.3) is 11.3 Å². The first-order valence-corrected chi connectivity index (χ1v) is 15.3. The number of benzene rings is 2. The lowest BCUT2D eigenvalue weighted by molar-refractivity contribution is 0.0435. The van der Waals surface area contributed by atoms with Gasteiger partial charge in [0.1, 0.15) is 11.7 Å². The average Bonchev–Trinajstić information content (AvgIpc) is 3.07. The smallest absolute Gasteiger partial charge is 0.408 e. The van der Waals surface area contributed by atoms with E-state index in [4.69, 9.17) is 15.2 Å². The highest BCUT2D eigenvalue weighted by Gasteiger charge is 2.30. The van der Waals surface area contributed by atoms with E-state index in [1.165, 1.54) is 12.1 Å². The fraction of sp³-hybridized carbons (Fsp3) is 0.433. The molecule has 2 unspecified atom stereocenters. The lowest BCUT2D eigenvalue weighted by Crippen LogP contribution is -2.47. The molecule has 1 fully saturated rings. The molecule has 1 heterocycles. The lowest BCUT2D eigenvalue weighted by Gasteiger charge is -2.28. The van der Waals surface area contributed by atoms with Crippen molar-refractivity contribution in [2.24, 2.45) is 0 Å². The number of aromatic nitrogens is 2. The molecule has 1 amide bonds. The number of carbonyl (C=O) groups excluding carboxylic acids is 1. The zero-order valence-electron chi connectivity index (χ0n) is 24.2. The first kappa shape index (κ1) is 30.1. The van der Waals surface area contributed by atoms with Crippen molar-refractivity contribution in [1.82, 2.24) is 15.3 Å². The molecular weight excluding hydrogens is 542 g/mol. The molecular formula is C30H39N5O5S. The number of sulfonamides is 1. The van der Waals surface area contributed by atoms with Crippen LogP contribution in [0.15, 0.2) is 53.4 Å². The predicted molar refractivity (Wildman–Crippen MR) is 159 cm³/mol. The average molecular weight is 582 g/mol. The Kier molecular flexibility index (Phi) is 9.06. The van der Waals surface area contributed by atoms with Gasteiger partial charge in [-0.1, -0.05) is 37.1 Å². The number of ether oxygens (including phenoxy) is 2. The number of rotatable bonds is 7. The van der Waals surface area contributed by atoms with Gasteiger partial charge in [-0.05, 0) is 83.2 Å². The van der Waals surface area contributed by atoms with Gasteiger partial charge in [-0.2, -0.15) is 4.98 Å². The van der Waals surface area contributed by atoms with E-state index in [0.29, 0.717) is 24.2 Å². The molecule has 1 aliphatic rings. The van der Waals surface area contributed by atoms with Gasteiger partial charge in [0.05, 0.1) is 16.6 Å². The Hall–Kier alpha value is -3.86.